The summed E-state index contributed by atoms with van der Waals surface area (Å²) in [6.45, 7) is 4.46. The van der Waals surface area contributed by atoms with Crippen LogP contribution in [-0.2, 0) is 0 Å². The summed E-state index contributed by atoms with van der Waals surface area (Å²) in [5.41, 5.74) is 5.61. The second-order valence-corrected chi connectivity index (χ2v) is 5.08. The van der Waals surface area contributed by atoms with Gasteiger partial charge in [-0.05, 0) is 39.9 Å². The zero-order chi connectivity index (χ0) is 12.8. The smallest absolute Gasteiger partial charge is 0.140 e. The van der Waals surface area contributed by atoms with E-state index < -0.39 is 0 Å². The van der Waals surface area contributed by atoms with Crippen LogP contribution in [0.4, 0.5) is 0 Å². The van der Waals surface area contributed by atoms with E-state index in [1.165, 1.54) is 19.4 Å². The molecule has 5 nitrogen and oxygen atoms in total. The maximum Gasteiger partial charge on any atom is 0.140 e. The standard InChI is InChI=1S/C12H26N4O/c1-4-10(8-12(13)14-17)16(3)11-6-5-7-15(2)9-11/h10-11,17H,4-9H2,1-3H3,(H2,13,14). The summed E-state index contributed by atoms with van der Waals surface area (Å²) in [7, 11) is 4.33. The molecule has 0 saturated carbocycles. The summed E-state index contributed by atoms with van der Waals surface area (Å²) in [6.07, 6.45) is 4.16. The van der Waals surface area contributed by atoms with E-state index in [2.05, 4.69) is 36.0 Å². The number of amidine groups is 1. The minimum absolute atomic E-state index is 0.327. The van der Waals surface area contributed by atoms with Crippen molar-refractivity contribution in [3.05, 3.63) is 0 Å². The minimum atomic E-state index is 0.327. The van der Waals surface area contributed by atoms with Gasteiger partial charge in [0.2, 0.25) is 0 Å². The van der Waals surface area contributed by atoms with Crippen LogP contribution < -0.4 is 5.73 Å². The van der Waals surface area contributed by atoms with Crippen LogP contribution in [0.5, 0.6) is 0 Å². The van der Waals surface area contributed by atoms with E-state index in [9.17, 15) is 0 Å². The third-order valence-electron chi connectivity index (χ3n) is 3.80. The fraction of sp³-hybridized carbons (Fsp3) is 0.917. The van der Waals surface area contributed by atoms with Gasteiger partial charge in [0.1, 0.15) is 5.84 Å². The highest BCUT2D eigenvalue weighted by Crippen LogP contribution is 2.18. The topological polar surface area (TPSA) is 65.1 Å². The summed E-state index contributed by atoms with van der Waals surface area (Å²) >= 11 is 0. The third kappa shape index (κ3) is 4.16. The molecular formula is C12H26N4O. The Hall–Kier alpha value is -0.810. The quantitative estimate of drug-likeness (QED) is 0.326. The average Bonchev–Trinajstić information content (AvgIpc) is 2.34. The van der Waals surface area contributed by atoms with E-state index in [-0.39, 0.29) is 0 Å². The molecule has 2 unspecified atom stereocenters. The fourth-order valence-corrected chi connectivity index (χ4v) is 2.63. The summed E-state index contributed by atoms with van der Waals surface area (Å²) in [4.78, 5) is 4.77. The molecule has 0 aliphatic carbocycles. The second kappa shape index (κ2) is 6.81. The zero-order valence-electron chi connectivity index (χ0n) is 11.3. The molecule has 1 rings (SSSR count). The first-order valence-electron chi connectivity index (χ1n) is 6.45. The van der Waals surface area contributed by atoms with Gasteiger partial charge in [0.05, 0.1) is 0 Å². The lowest BCUT2D eigenvalue weighted by Crippen LogP contribution is -2.49. The van der Waals surface area contributed by atoms with Crippen LogP contribution in [0.1, 0.15) is 32.6 Å². The molecule has 1 heterocycles. The van der Waals surface area contributed by atoms with Crippen LogP contribution in [0.15, 0.2) is 5.16 Å². The largest absolute Gasteiger partial charge is 0.409 e. The number of rotatable bonds is 5. The molecule has 0 bridgehead atoms. The van der Waals surface area contributed by atoms with Gasteiger partial charge in [-0.2, -0.15) is 0 Å². The van der Waals surface area contributed by atoms with Gasteiger partial charge in [0.25, 0.3) is 0 Å². The monoisotopic (exact) mass is 242 g/mol. The lowest BCUT2D eigenvalue weighted by atomic mass is 10.0. The van der Waals surface area contributed by atoms with Crippen molar-refractivity contribution in [2.75, 3.05) is 27.2 Å². The van der Waals surface area contributed by atoms with Gasteiger partial charge in [-0.25, -0.2) is 0 Å². The summed E-state index contributed by atoms with van der Waals surface area (Å²) in [5, 5.41) is 11.7. The first-order valence-corrected chi connectivity index (χ1v) is 6.45. The Morgan fingerprint density at radius 2 is 2.35 bits per heavy atom. The number of nitrogens with two attached hydrogens (primary N) is 1. The molecule has 1 saturated heterocycles. The van der Waals surface area contributed by atoms with E-state index in [0.717, 1.165) is 13.0 Å². The SMILES string of the molecule is CCC(CC(N)=NO)N(C)C1CCCN(C)C1. The molecule has 0 spiro atoms. The van der Waals surface area contributed by atoms with E-state index in [0.29, 0.717) is 24.3 Å². The van der Waals surface area contributed by atoms with Crippen molar-refractivity contribution in [1.82, 2.24) is 9.80 Å². The molecule has 0 aromatic rings. The molecule has 0 radical (unpaired) electrons. The van der Waals surface area contributed by atoms with E-state index in [1.54, 1.807) is 0 Å². The van der Waals surface area contributed by atoms with Crippen molar-refractivity contribution < 1.29 is 5.21 Å². The van der Waals surface area contributed by atoms with Crippen molar-refractivity contribution >= 4 is 5.84 Å². The Kier molecular flexibility index (Phi) is 5.71. The number of likely N-dealkylation sites (tertiary alicyclic amines) is 1. The molecule has 2 atom stereocenters. The van der Waals surface area contributed by atoms with E-state index in [1.807, 2.05) is 0 Å². The van der Waals surface area contributed by atoms with Gasteiger partial charge in [0.15, 0.2) is 0 Å². The number of piperidine rings is 1. The Morgan fingerprint density at radius 3 is 2.88 bits per heavy atom. The molecule has 0 aromatic heterocycles. The number of likely N-dealkylation sites (N-methyl/N-ethyl adjacent to an activating group) is 2. The number of hydrogen-bond donors (Lipinski definition) is 2. The Morgan fingerprint density at radius 1 is 1.65 bits per heavy atom. The van der Waals surface area contributed by atoms with Crippen LogP contribution in [0, 0.1) is 0 Å². The van der Waals surface area contributed by atoms with Crippen LogP contribution in [0.25, 0.3) is 0 Å². The fourth-order valence-electron chi connectivity index (χ4n) is 2.63. The predicted octanol–water partition coefficient (Wildman–Crippen LogP) is 0.928. The van der Waals surface area contributed by atoms with Crippen molar-refractivity contribution in [3.63, 3.8) is 0 Å². The molecule has 5 heteroatoms. The van der Waals surface area contributed by atoms with Gasteiger partial charge < -0.3 is 15.8 Å². The number of hydrogen-bond acceptors (Lipinski definition) is 4. The maximum atomic E-state index is 8.65. The normalized spacial score (nSPS) is 25.2. The third-order valence-corrected chi connectivity index (χ3v) is 3.80. The molecule has 17 heavy (non-hydrogen) atoms. The Labute approximate surface area is 104 Å². The molecule has 0 amide bonds. The van der Waals surface area contributed by atoms with Gasteiger partial charge in [-0.1, -0.05) is 12.1 Å². The lowest BCUT2D eigenvalue weighted by Gasteiger charge is -2.39. The Bertz CT molecular complexity index is 257. The van der Waals surface area contributed by atoms with Crippen LogP contribution in [-0.4, -0.2) is 60.1 Å². The summed E-state index contributed by atoms with van der Waals surface area (Å²) < 4.78 is 0. The summed E-state index contributed by atoms with van der Waals surface area (Å²) in [6, 6.07) is 0.951. The van der Waals surface area contributed by atoms with Gasteiger partial charge in [0, 0.05) is 25.0 Å². The van der Waals surface area contributed by atoms with Crippen LogP contribution >= 0.6 is 0 Å². The highest BCUT2D eigenvalue weighted by Gasteiger charge is 2.25. The first kappa shape index (κ1) is 14.3. The zero-order valence-corrected chi connectivity index (χ0v) is 11.3. The highest BCUT2D eigenvalue weighted by molar-refractivity contribution is 5.80. The molecular weight excluding hydrogens is 216 g/mol. The number of oxime groups is 1. The lowest BCUT2D eigenvalue weighted by molar-refractivity contribution is 0.0985. The van der Waals surface area contributed by atoms with Crippen LogP contribution in [0.3, 0.4) is 0 Å². The van der Waals surface area contributed by atoms with Gasteiger partial charge in [-0.15, -0.1) is 0 Å². The maximum absolute atomic E-state index is 8.65. The molecule has 100 valence electrons. The van der Waals surface area contributed by atoms with Crippen molar-refractivity contribution in [3.8, 4) is 0 Å². The molecule has 1 fully saturated rings. The molecule has 1 aliphatic heterocycles. The van der Waals surface area contributed by atoms with Crippen molar-refractivity contribution in [1.29, 1.82) is 0 Å². The van der Waals surface area contributed by atoms with Gasteiger partial charge in [-0.3, -0.25) is 4.90 Å². The predicted molar refractivity (Wildman–Crippen MR) is 70.4 cm³/mol. The second-order valence-electron chi connectivity index (χ2n) is 5.08. The van der Waals surface area contributed by atoms with Crippen molar-refractivity contribution in [2.45, 2.75) is 44.7 Å². The average molecular weight is 242 g/mol. The first-order chi connectivity index (χ1) is 8.08. The molecule has 1 aliphatic rings. The molecule has 3 N–H and O–H groups in total. The van der Waals surface area contributed by atoms with Gasteiger partial charge >= 0.3 is 0 Å². The molecule has 0 aromatic carbocycles. The van der Waals surface area contributed by atoms with Crippen molar-refractivity contribution in [2.24, 2.45) is 10.9 Å². The number of nitrogens with zero attached hydrogens (tertiary/aromatic N) is 3. The Balaban J connectivity index is 2.55. The van der Waals surface area contributed by atoms with E-state index >= 15 is 0 Å². The minimum Gasteiger partial charge on any atom is -0.409 e. The van der Waals surface area contributed by atoms with E-state index in [4.69, 9.17) is 10.9 Å². The van der Waals surface area contributed by atoms with Crippen LogP contribution in [0.2, 0.25) is 0 Å². The highest BCUT2D eigenvalue weighted by atomic mass is 16.4. The summed E-state index contributed by atoms with van der Waals surface area (Å²) in [5.74, 6) is 0.327.